The van der Waals surface area contributed by atoms with Crippen LogP contribution in [0.4, 0.5) is 4.39 Å². The largest absolute Gasteiger partial charge is 0.206 e. The van der Waals surface area contributed by atoms with Crippen LogP contribution < -0.4 is 0 Å². The highest BCUT2D eigenvalue weighted by Crippen LogP contribution is 2.24. The van der Waals surface area contributed by atoms with Crippen molar-refractivity contribution >= 4 is 0 Å². The van der Waals surface area contributed by atoms with Gasteiger partial charge < -0.3 is 0 Å². The Bertz CT molecular complexity index is 363. The molecule has 0 amide bonds. The first-order chi connectivity index (χ1) is 6.56. The normalized spacial score (nSPS) is 12.6. The van der Waals surface area contributed by atoms with Crippen LogP contribution in [0.25, 0.3) is 0 Å². The van der Waals surface area contributed by atoms with E-state index in [4.69, 9.17) is 5.26 Å². The predicted octanol–water partition coefficient (Wildman–Crippen LogP) is 3.46. The van der Waals surface area contributed by atoms with Crippen LogP contribution in [0.15, 0.2) is 18.2 Å². The van der Waals surface area contributed by atoms with Gasteiger partial charge in [0.1, 0.15) is 11.9 Å². The molecule has 0 N–H and O–H groups in total. The lowest BCUT2D eigenvalue weighted by atomic mass is 9.90. The summed E-state index contributed by atoms with van der Waals surface area (Å²) >= 11 is 0. The molecule has 2 heteroatoms. The number of benzene rings is 1. The van der Waals surface area contributed by atoms with Crippen molar-refractivity contribution in [3.05, 3.63) is 35.1 Å². The molecule has 0 bridgehead atoms. The maximum atomic E-state index is 13.3. The zero-order valence-corrected chi connectivity index (χ0v) is 8.71. The third-order valence-electron chi connectivity index (χ3n) is 2.64. The van der Waals surface area contributed by atoms with Gasteiger partial charge in [0.05, 0.1) is 5.56 Å². The van der Waals surface area contributed by atoms with Gasteiger partial charge in [-0.05, 0) is 29.5 Å². The van der Waals surface area contributed by atoms with Crippen LogP contribution in [-0.2, 0) is 0 Å². The molecular weight excluding hydrogens is 177 g/mol. The van der Waals surface area contributed by atoms with Crippen molar-refractivity contribution in [2.45, 2.75) is 26.7 Å². The Morgan fingerprint density at radius 2 is 1.93 bits per heavy atom. The lowest BCUT2D eigenvalue weighted by molar-refractivity contribution is 0.529. The minimum absolute atomic E-state index is 0.115. The summed E-state index contributed by atoms with van der Waals surface area (Å²) in [5.74, 6) is 0.372. The quantitative estimate of drug-likeness (QED) is 0.702. The van der Waals surface area contributed by atoms with Gasteiger partial charge in [-0.2, -0.15) is 5.26 Å². The van der Waals surface area contributed by atoms with Crippen molar-refractivity contribution in [3.8, 4) is 6.07 Å². The minimum Gasteiger partial charge on any atom is -0.206 e. The van der Waals surface area contributed by atoms with Crippen molar-refractivity contribution in [2.24, 2.45) is 5.92 Å². The molecular formula is C12H14FN. The van der Waals surface area contributed by atoms with Crippen molar-refractivity contribution in [1.29, 1.82) is 5.26 Å². The van der Waals surface area contributed by atoms with E-state index in [1.165, 1.54) is 6.07 Å². The zero-order valence-electron chi connectivity index (χ0n) is 8.71. The fourth-order valence-electron chi connectivity index (χ4n) is 1.29. The maximum Gasteiger partial charge on any atom is 0.141 e. The average molecular weight is 191 g/mol. The Labute approximate surface area is 84.2 Å². The van der Waals surface area contributed by atoms with Crippen molar-refractivity contribution in [3.63, 3.8) is 0 Å². The number of hydrogen-bond acceptors (Lipinski definition) is 1. The second kappa shape index (κ2) is 4.23. The Hall–Kier alpha value is -1.36. The molecule has 0 saturated carbocycles. The maximum absolute atomic E-state index is 13.3. The Morgan fingerprint density at radius 1 is 1.29 bits per heavy atom. The summed E-state index contributed by atoms with van der Waals surface area (Å²) in [6.45, 7) is 6.26. The van der Waals surface area contributed by atoms with Crippen molar-refractivity contribution in [2.75, 3.05) is 0 Å². The van der Waals surface area contributed by atoms with Gasteiger partial charge in [-0.1, -0.05) is 26.8 Å². The van der Waals surface area contributed by atoms with E-state index in [1.54, 1.807) is 6.07 Å². The third-order valence-corrected chi connectivity index (χ3v) is 2.64. The molecule has 0 aliphatic carbocycles. The van der Waals surface area contributed by atoms with Crippen LogP contribution in [0.1, 0.15) is 37.8 Å². The molecule has 0 aromatic heterocycles. The molecule has 0 aliphatic rings. The van der Waals surface area contributed by atoms with Gasteiger partial charge in [-0.3, -0.25) is 0 Å². The SMILES string of the molecule is CC(C)[C@@H](C)c1ccc(C#N)c(F)c1. The summed E-state index contributed by atoms with van der Waals surface area (Å²) in [5, 5.41) is 8.57. The molecule has 0 fully saturated rings. The van der Waals surface area contributed by atoms with Gasteiger partial charge >= 0.3 is 0 Å². The van der Waals surface area contributed by atoms with Gasteiger partial charge in [0.25, 0.3) is 0 Å². The number of nitriles is 1. The second-order valence-corrected chi connectivity index (χ2v) is 3.88. The molecule has 0 aliphatic heterocycles. The van der Waals surface area contributed by atoms with E-state index in [0.717, 1.165) is 5.56 Å². The van der Waals surface area contributed by atoms with Gasteiger partial charge in [0, 0.05) is 0 Å². The molecule has 74 valence electrons. The van der Waals surface area contributed by atoms with Gasteiger partial charge in [0.2, 0.25) is 0 Å². The van der Waals surface area contributed by atoms with Crippen LogP contribution in [-0.4, -0.2) is 0 Å². The number of halogens is 1. The van der Waals surface area contributed by atoms with Crippen LogP contribution in [0.2, 0.25) is 0 Å². The first-order valence-electron chi connectivity index (χ1n) is 4.75. The van der Waals surface area contributed by atoms with E-state index in [1.807, 2.05) is 12.1 Å². The molecule has 0 radical (unpaired) electrons. The molecule has 1 atom stereocenters. The van der Waals surface area contributed by atoms with E-state index in [9.17, 15) is 4.39 Å². The summed E-state index contributed by atoms with van der Waals surface area (Å²) in [5.41, 5.74) is 1.07. The van der Waals surface area contributed by atoms with Crippen LogP contribution in [0, 0.1) is 23.1 Å². The summed E-state index contributed by atoms with van der Waals surface area (Å²) < 4.78 is 13.3. The molecule has 0 saturated heterocycles. The number of hydrogen-bond donors (Lipinski definition) is 0. The fourth-order valence-corrected chi connectivity index (χ4v) is 1.29. The minimum atomic E-state index is -0.419. The van der Waals surface area contributed by atoms with E-state index >= 15 is 0 Å². The zero-order chi connectivity index (χ0) is 10.7. The van der Waals surface area contributed by atoms with Gasteiger partial charge in [-0.25, -0.2) is 4.39 Å². The van der Waals surface area contributed by atoms with Crippen LogP contribution in [0.5, 0.6) is 0 Å². The van der Waals surface area contributed by atoms with Crippen LogP contribution in [0.3, 0.4) is 0 Å². The first kappa shape index (κ1) is 10.7. The number of rotatable bonds is 2. The fraction of sp³-hybridized carbons (Fsp3) is 0.417. The van der Waals surface area contributed by atoms with Gasteiger partial charge in [-0.15, -0.1) is 0 Å². The molecule has 14 heavy (non-hydrogen) atoms. The van der Waals surface area contributed by atoms with E-state index in [2.05, 4.69) is 20.8 Å². The van der Waals surface area contributed by atoms with E-state index < -0.39 is 5.82 Å². The highest BCUT2D eigenvalue weighted by Gasteiger charge is 2.11. The highest BCUT2D eigenvalue weighted by atomic mass is 19.1. The monoisotopic (exact) mass is 191 g/mol. The second-order valence-electron chi connectivity index (χ2n) is 3.88. The summed E-state index contributed by atoms with van der Waals surface area (Å²) in [4.78, 5) is 0. The van der Waals surface area contributed by atoms with Crippen LogP contribution >= 0.6 is 0 Å². The molecule has 1 nitrogen and oxygen atoms in total. The Balaban J connectivity index is 3.04. The summed E-state index contributed by atoms with van der Waals surface area (Å²) in [6.07, 6.45) is 0. The molecule has 0 heterocycles. The van der Waals surface area contributed by atoms with E-state index in [-0.39, 0.29) is 5.56 Å². The standard InChI is InChI=1S/C12H14FN/c1-8(2)9(3)10-4-5-11(7-14)12(13)6-10/h4-6,8-9H,1-3H3/t9-/m1/s1. The smallest absolute Gasteiger partial charge is 0.141 e. The lowest BCUT2D eigenvalue weighted by Gasteiger charge is -2.15. The molecule has 1 aromatic carbocycles. The summed E-state index contributed by atoms with van der Waals surface area (Å²) in [6, 6.07) is 6.65. The Morgan fingerprint density at radius 3 is 2.36 bits per heavy atom. The third kappa shape index (κ3) is 2.11. The average Bonchev–Trinajstić information content (AvgIpc) is 2.16. The molecule has 0 spiro atoms. The molecule has 0 unspecified atom stereocenters. The molecule has 1 rings (SSSR count). The highest BCUT2D eigenvalue weighted by molar-refractivity contribution is 5.34. The predicted molar refractivity (Wildman–Crippen MR) is 54.4 cm³/mol. The van der Waals surface area contributed by atoms with Gasteiger partial charge in [0.15, 0.2) is 0 Å². The Kier molecular flexibility index (Phi) is 3.24. The topological polar surface area (TPSA) is 23.8 Å². The first-order valence-corrected chi connectivity index (χ1v) is 4.75. The lowest BCUT2D eigenvalue weighted by Crippen LogP contribution is -2.02. The number of nitrogens with zero attached hydrogens (tertiary/aromatic N) is 1. The van der Waals surface area contributed by atoms with Crippen molar-refractivity contribution in [1.82, 2.24) is 0 Å². The van der Waals surface area contributed by atoms with Crippen molar-refractivity contribution < 1.29 is 4.39 Å². The van der Waals surface area contributed by atoms with E-state index in [0.29, 0.717) is 11.8 Å². The summed E-state index contributed by atoms with van der Waals surface area (Å²) in [7, 11) is 0. The molecule has 1 aromatic rings.